The fraction of sp³-hybridized carbons (Fsp3) is 0.286. The van der Waals surface area contributed by atoms with Crippen molar-refractivity contribution in [3.63, 3.8) is 0 Å². The van der Waals surface area contributed by atoms with E-state index < -0.39 is 24.5 Å². The zero-order valence-electron chi connectivity index (χ0n) is 16.4. The van der Waals surface area contributed by atoms with Crippen molar-refractivity contribution < 1.29 is 14.3 Å². The molecule has 0 aliphatic heterocycles. The molecule has 1 atom stereocenters. The van der Waals surface area contributed by atoms with Gasteiger partial charge in [0.2, 0.25) is 0 Å². The lowest BCUT2D eigenvalue weighted by atomic mass is 10.0. The predicted octanol–water partition coefficient (Wildman–Crippen LogP) is 2.76. The third-order valence-electron chi connectivity index (χ3n) is 4.43. The second-order valence-corrected chi connectivity index (χ2v) is 6.89. The third-order valence-corrected chi connectivity index (χ3v) is 4.43. The molecule has 0 spiro atoms. The van der Waals surface area contributed by atoms with Crippen LogP contribution in [0.4, 0.5) is 5.69 Å². The van der Waals surface area contributed by atoms with E-state index in [-0.39, 0.29) is 5.92 Å². The molecular formula is C21H23N5O3. The average Bonchev–Trinajstić information content (AvgIpc) is 3.26. The number of tetrazole rings is 1. The number of nitrogens with one attached hydrogen (secondary N) is 1. The van der Waals surface area contributed by atoms with Gasteiger partial charge in [0.05, 0.1) is 0 Å². The Morgan fingerprint density at radius 3 is 2.48 bits per heavy atom. The number of hydrogen-bond acceptors (Lipinski definition) is 6. The van der Waals surface area contributed by atoms with Crippen LogP contribution in [0.1, 0.15) is 36.9 Å². The van der Waals surface area contributed by atoms with Crippen molar-refractivity contribution in [2.45, 2.75) is 32.2 Å². The normalized spacial score (nSPS) is 11.8. The zero-order valence-corrected chi connectivity index (χ0v) is 16.4. The number of ether oxygens (including phenoxy) is 1. The Kier molecular flexibility index (Phi) is 6.67. The van der Waals surface area contributed by atoms with E-state index in [4.69, 9.17) is 4.74 Å². The minimum Gasteiger partial charge on any atom is -0.454 e. The van der Waals surface area contributed by atoms with E-state index in [2.05, 4.69) is 20.8 Å². The molecule has 0 saturated heterocycles. The van der Waals surface area contributed by atoms with E-state index in [1.165, 1.54) is 11.0 Å². The van der Waals surface area contributed by atoms with E-state index in [1.807, 2.05) is 68.4 Å². The molecule has 0 saturated carbocycles. The monoisotopic (exact) mass is 393 g/mol. The first-order valence-corrected chi connectivity index (χ1v) is 9.36. The second-order valence-electron chi connectivity index (χ2n) is 6.89. The van der Waals surface area contributed by atoms with Crippen LogP contribution in [0.5, 0.6) is 0 Å². The topological polar surface area (TPSA) is 99.0 Å². The highest BCUT2D eigenvalue weighted by molar-refractivity contribution is 5.93. The van der Waals surface area contributed by atoms with Gasteiger partial charge in [-0.3, -0.25) is 4.79 Å². The molecule has 150 valence electrons. The molecule has 1 aromatic heterocycles. The number of para-hydroxylation sites is 1. The van der Waals surface area contributed by atoms with Crippen LogP contribution in [0.25, 0.3) is 0 Å². The molecule has 8 heteroatoms. The summed E-state index contributed by atoms with van der Waals surface area (Å²) in [5, 5.41) is 13.8. The highest BCUT2D eigenvalue weighted by Gasteiger charge is 2.25. The summed E-state index contributed by atoms with van der Waals surface area (Å²) >= 11 is 0. The molecule has 1 heterocycles. The molecule has 0 bridgehead atoms. The molecule has 0 unspecified atom stereocenters. The number of rotatable bonds is 8. The van der Waals surface area contributed by atoms with Gasteiger partial charge in [0.1, 0.15) is 6.33 Å². The van der Waals surface area contributed by atoms with E-state index in [0.717, 1.165) is 11.1 Å². The van der Waals surface area contributed by atoms with Crippen LogP contribution < -0.4 is 5.32 Å². The van der Waals surface area contributed by atoms with Crippen LogP contribution in [0.3, 0.4) is 0 Å². The van der Waals surface area contributed by atoms with Crippen LogP contribution in [0, 0.1) is 0 Å². The molecule has 1 N–H and O–H groups in total. The average molecular weight is 393 g/mol. The molecule has 29 heavy (non-hydrogen) atoms. The molecule has 3 aromatic rings. The van der Waals surface area contributed by atoms with E-state index in [1.54, 1.807) is 0 Å². The van der Waals surface area contributed by atoms with Crippen molar-refractivity contribution in [3.05, 3.63) is 72.1 Å². The first-order chi connectivity index (χ1) is 14.0. The number of carbonyl (C=O) groups excluding carboxylic acids is 2. The van der Waals surface area contributed by atoms with Crippen molar-refractivity contribution in [2.75, 3.05) is 11.9 Å². The minimum atomic E-state index is -0.761. The Morgan fingerprint density at radius 1 is 1.07 bits per heavy atom. The van der Waals surface area contributed by atoms with Crippen molar-refractivity contribution in [2.24, 2.45) is 0 Å². The summed E-state index contributed by atoms with van der Waals surface area (Å²) in [4.78, 5) is 25.0. The summed E-state index contributed by atoms with van der Waals surface area (Å²) < 4.78 is 6.60. The standard InChI is InChI=1S/C21H23N5O3/c1-15(2)17-10-6-7-11-18(17)23-20(27)13-29-21(28)19(26-14-22-24-25-26)12-16-8-4-3-5-9-16/h3-11,14-15,19H,12-13H2,1-2H3,(H,23,27)/t19-/m1/s1. The Hall–Kier alpha value is -3.55. The second kappa shape index (κ2) is 9.59. The molecule has 0 aliphatic rings. The maximum Gasteiger partial charge on any atom is 0.331 e. The van der Waals surface area contributed by atoms with Gasteiger partial charge in [-0.2, -0.15) is 0 Å². The lowest BCUT2D eigenvalue weighted by Crippen LogP contribution is -2.28. The number of esters is 1. The number of carbonyl (C=O) groups is 2. The minimum absolute atomic E-state index is 0.254. The number of aromatic nitrogens is 4. The first kappa shape index (κ1) is 20.2. The quantitative estimate of drug-likeness (QED) is 0.591. The van der Waals surface area contributed by atoms with E-state index >= 15 is 0 Å². The molecule has 1 amide bonds. The smallest absolute Gasteiger partial charge is 0.331 e. The lowest BCUT2D eigenvalue weighted by molar-refractivity contribution is -0.151. The summed E-state index contributed by atoms with van der Waals surface area (Å²) in [7, 11) is 0. The molecule has 0 radical (unpaired) electrons. The van der Waals surface area contributed by atoms with Gasteiger partial charge < -0.3 is 10.1 Å². The maximum atomic E-state index is 12.7. The van der Waals surface area contributed by atoms with Crippen LogP contribution >= 0.6 is 0 Å². The maximum absolute atomic E-state index is 12.7. The van der Waals surface area contributed by atoms with Crippen molar-refractivity contribution in [3.8, 4) is 0 Å². The van der Waals surface area contributed by atoms with Gasteiger partial charge in [-0.05, 0) is 33.5 Å². The number of anilines is 1. The molecule has 0 fully saturated rings. The van der Waals surface area contributed by atoms with Gasteiger partial charge in [-0.15, -0.1) is 5.10 Å². The Labute approximate surface area is 168 Å². The third kappa shape index (κ3) is 5.47. The molecular weight excluding hydrogens is 370 g/mol. The van der Waals surface area contributed by atoms with Crippen molar-refractivity contribution in [1.82, 2.24) is 20.2 Å². The molecule has 0 aliphatic carbocycles. The zero-order chi connectivity index (χ0) is 20.6. The van der Waals surface area contributed by atoms with Crippen molar-refractivity contribution in [1.29, 1.82) is 0 Å². The highest BCUT2D eigenvalue weighted by Crippen LogP contribution is 2.23. The van der Waals surface area contributed by atoms with E-state index in [0.29, 0.717) is 12.1 Å². The summed E-state index contributed by atoms with van der Waals surface area (Å²) in [5.74, 6) is -0.723. The van der Waals surface area contributed by atoms with E-state index in [9.17, 15) is 9.59 Å². The first-order valence-electron chi connectivity index (χ1n) is 9.36. The number of amides is 1. The van der Waals surface area contributed by atoms with Gasteiger partial charge in [0.15, 0.2) is 12.6 Å². The molecule has 8 nitrogen and oxygen atoms in total. The van der Waals surface area contributed by atoms with Gasteiger partial charge in [0.25, 0.3) is 5.91 Å². The number of hydrogen-bond donors (Lipinski definition) is 1. The SMILES string of the molecule is CC(C)c1ccccc1NC(=O)COC(=O)[C@@H](Cc1ccccc1)n1cnnn1. The number of nitrogens with zero attached hydrogens (tertiary/aromatic N) is 4. The summed E-state index contributed by atoms with van der Waals surface area (Å²) in [6, 6.07) is 16.3. The Morgan fingerprint density at radius 2 is 1.79 bits per heavy atom. The van der Waals surface area contributed by atoms with Gasteiger partial charge in [-0.25, -0.2) is 9.48 Å². The summed E-state index contributed by atoms with van der Waals surface area (Å²) in [5.41, 5.74) is 2.66. The van der Waals surface area contributed by atoms with Crippen LogP contribution in [-0.4, -0.2) is 38.7 Å². The highest BCUT2D eigenvalue weighted by atomic mass is 16.5. The van der Waals surface area contributed by atoms with Crippen LogP contribution in [0.15, 0.2) is 60.9 Å². The fourth-order valence-electron chi connectivity index (χ4n) is 2.97. The Bertz CT molecular complexity index is 942. The van der Waals surface area contributed by atoms with Gasteiger partial charge in [-0.1, -0.05) is 62.4 Å². The van der Waals surface area contributed by atoms with Gasteiger partial charge in [0, 0.05) is 12.1 Å². The van der Waals surface area contributed by atoms with Crippen molar-refractivity contribution >= 4 is 17.6 Å². The molecule has 2 aromatic carbocycles. The molecule has 3 rings (SSSR count). The van der Waals surface area contributed by atoms with Crippen LogP contribution in [-0.2, 0) is 20.7 Å². The number of benzene rings is 2. The largest absolute Gasteiger partial charge is 0.454 e. The fourth-order valence-corrected chi connectivity index (χ4v) is 2.97. The lowest BCUT2D eigenvalue weighted by Gasteiger charge is -2.16. The summed E-state index contributed by atoms with van der Waals surface area (Å²) in [6.45, 7) is 3.70. The summed E-state index contributed by atoms with van der Waals surface area (Å²) in [6.07, 6.45) is 1.70. The predicted molar refractivity (Wildman–Crippen MR) is 107 cm³/mol. The van der Waals surface area contributed by atoms with Crippen LogP contribution in [0.2, 0.25) is 0 Å². The Balaban J connectivity index is 1.63. The van der Waals surface area contributed by atoms with Gasteiger partial charge >= 0.3 is 5.97 Å².